The minimum Gasteiger partial charge on any atom is -0.449 e. The Labute approximate surface area is 219 Å². The molecule has 3 atom stereocenters. The number of aromatic nitrogens is 1. The average molecular weight is 523 g/mol. The molecule has 3 N–H and O–H groups in total. The zero-order chi connectivity index (χ0) is 27.1. The van der Waals surface area contributed by atoms with Gasteiger partial charge in [0.1, 0.15) is 12.1 Å². The number of ether oxygens (including phenoxy) is 1. The van der Waals surface area contributed by atoms with E-state index in [1.54, 1.807) is 50.1 Å². The fourth-order valence-corrected chi connectivity index (χ4v) is 3.88. The molecular formula is C26H42N4O5S. The highest BCUT2D eigenvalue weighted by Gasteiger charge is 2.30. The summed E-state index contributed by atoms with van der Waals surface area (Å²) in [5.41, 5.74) is 0.876. The Kier molecular flexibility index (Phi) is 14.8. The molecule has 1 heterocycles. The number of nitrogens with zero attached hydrogens (tertiary/aromatic N) is 1. The molecule has 3 unspecified atom stereocenters. The van der Waals surface area contributed by atoms with Crippen molar-refractivity contribution >= 4 is 35.5 Å². The lowest BCUT2D eigenvalue weighted by atomic mass is 9.95. The Bertz CT molecular complexity index is 835. The number of thioether (sulfide) groups is 1. The first-order chi connectivity index (χ1) is 17.1. The molecule has 1 rings (SSSR count). The molecule has 3 amide bonds. The summed E-state index contributed by atoms with van der Waals surface area (Å²) in [5, 5.41) is 8.26. The number of carbonyl (C=O) groups excluding carboxylic acids is 4. The van der Waals surface area contributed by atoms with Crippen molar-refractivity contribution < 1.29 is 23.9 Å². The third kappa shape index (κ3) is 11.9. The van der Waals surface area contributed by atoms with Gasteiger partial charge in [0.2, 0.25) is 11.8 Å². The molecule has 0 aromatic carbocycles. The summed E-state index contributed by atoms with van der Waals surface area (Å²) in [6, 6.07) is 1.20. The SMILES string of the molecule is CCCC(NC(=O)C(CCSC)NC(=O)OCC(C)C)C(=O)NC(Cc1ccncc1)C(=O)C(C)C. The smallest absolute Gasteiger partial charge is 0.407 e. The summed E-state index contributed by atoms with van der Waals surface area (Å²) in [5.74, 6) is -0.434. The molecule has 10 heteroatoms. The second-order valence-corrected chi connectivity index (χ2v) is 10.5. The lowest BCUT2D eigenvalue weighted by Gasteiger charge is -2.26. The minimum absolute atomic E-state index is 0.0888. The number of carbonyl (C=O) groups is 4. The van der Waals surface area contributed by atoms with Gasteiger partial charge in [-0.25, -0.2) is 4.79 Å². The zero-order valence-corrected chi connectivity index (χ0v) is 23.2. The third-order valence-electron chi connectivity index (χ3n) is 5.40. The first-order valence-electron chi connectivity index (χ1n) is 12.5. The summed E-state index contributed by atoms with van der Waals surface area (Å²) < 4.78 is 5.16. The number of nitrogens with one attached hydrogen (secondary N) is 3. The lowest BCUT2D eigenvalue weighted by molar-refractivity contribution is -0.133. The van der Waals surface area contributed by atoms with E-state index in [-0.39, 0.29) is 24.2 Å². The van der Waals surface area contributed by atoms with Crippen LogP contribution in [0.4, 0.5) is 4.79 Å². The maximum atomic E-state index is 13.2. The third-order valence-corrected chi connectivity index (χ3v) is 6.04. The van der Waals surface area contributed by atoms with Crippen LogP contribution < -0.4 is 16.0 Å². The number of hydrogen-bond acceptors (Lipinski definition) is 7. The fraction of sp³-hybridized carbons (Fsp3) is 0.654. The Morgan fingerprint density at radius 1 is 0.917 bits per heavy atom. The number of rotatable bonds is 16. The Morgan fingerprint density at radius 2 is 1.50 bits per heavy atom. The number of hydrogen-bond donors (Lipinski definition) is 3. The van der Waals surface area contributed by atoms with E-state index in [0.29, 0.717) is 31.4 Å². The Hall–Kier alpha value is -2.62. The highest BCUT2D eigenvalue weighted by Crippen LogP contribution is 2.10. The molecule has 0 spiro atoms. The predicted octanol–water partition coefficient (Wildman–Crippen LogP) is 3.12. The van der Waals surface area contributed by atoms with E-state index < -0.39 is 36.0 Å². The van der Waals surface area contributed by atoms with Gasteiger partial charge in [0.05, 0.1) is 12.6 Å². The number of ketones is 1. The van der Waals surface area contributed by atoms with Crippen molar-refractivity contribution in [3.8, 4) is 0 Å². The maximum absolute atomic E-state index is 13.2. The summed E-state index contributed by atoms with van der Waals surface area (Å²) in [6.07, 6.45) is 6.28. The van der Waals surface area contributed by atoms with E-state index in [2.05, 4.69) is 20.9 Å². The van der Waals surface area contributed by atoms with Gasteiger partial charge >= 0.3 is 6.09 Å². The number of amides is 3. The molecule has 0 bridgehead atoms. The highest BCUT2D eigenvalue weighted by atomic mass is 32.2. The maximum Gasteiger partial charge on any atom is 0.407 e. The second kappa shape index (κ2) is 16.9. The van der Waals surface area contributed by atoms with Gasteiger partial charge < -0.3 is 20.7 Å². The molecule has 0 aliphatic carbocycles. The Morgan fingerprint density at radius 3 is 2.03 bits per heavy atom. The molecule has 1 aromatic heterocycles. The first kappa shape index (κ1) is 31.4. The van der Waals surface area contributed by atoms with Crippen LogP contribution in [0.15, 0.2) is 24.5 Å². The molecule has 0 radical (unpaired) electrons. The van der Waals surface area contributed by atoms with Gasteiger partial charge in [0.25, 0.3) is 0 Å². The Balaban J connectivity index is 2.95. The van der Waals surface area contributed by atoms with Crippen LogP contribution in [0.5, 0.6) is 0 Å². The quantitative estimate of drug-likeness (QED) is 0.304. The molecular weight excluding hydrogens is 480 g/mol. The second-order valence-electron chi connectivity index (χ2n) is 9.50. The van der Waals surface area contributed by atoms with Crippen LogP contribution in [0.1, 0.15) is 59.4 Å². The van der Waals surface area contributed by atoms with Crippen molar-refractivity contribution in [3.63, 3.8) is 0 Å². The topological polar surface area (TPSA) is 126 Å². The van der Waals surface area contributed by atoms with Gasteiger partial charge in [-0.15, -0.1) is 0 Å². The van der Waals surface area contributed by atoms with Gasteiger partial charge in [-0.2, -0.15) is 11.8 Å². The predicted molar refractivity (Wildman–Crippen MR) is 143 cm³/mol. The molecule has 9 nitrogen and oxygen atoms in total. The van der Waals surface area contributed by atoms with Crippen molar-refractivity contribution in [2.75, 3.05) is 18.6 Å². The molecule has 0 aliphatic heterocycles. The molecule has 0 saturated heterocycles. The molecule has 1 aromatic rings. The number of pyridine rings is 1. The molecule has 0 saturated carbocycles. The van der Waals surface area contributed by atoms with Crippen LogP contribution in [0, 0.1) is 11.8 Å². The fourth-order valence-electron chi connectivity index (χ4n) is 3.41. The zero-order valence-electron chi connectivity index (χ0n) is 22.3. The van der Waals surface area contributed by atoms with Crippen LogP contribution in [-0.4, -0.2) is 65.4 Å². The van der Waals surface area contributed by atoms with E-state index in [1.807, 2.05) is 27.0 Å². The van der Waals surface area contributed by atoms with Crippen molar-refractivity contribution in [2.45, 2.75) is 78.4 Å². The van der Waals surface area contributed by atoms with Crippen molar-refractivity contribution in [1.29, 1.82) is 0 Å². The van der Waals surface area contributed by atoms with E-state index in [4.69, 9.17) is 4.74 Å². The number of Topliss-reactive ketones (excluding diaryl/α,β-unsaturated/α-hetero) is 1. The van der Waals surface area contributed by atoms with Crippen LogP contribution in [0.2, 0.25) is 0 Å². The van der Waals surface area contributed by atoms with Gasteiger partial charge in [0.15, 0.2) is 5.78 Å². The van der Waals surface area contributed by atoms with Gasteiger partial charge in [0, 0.05) is 18.3 Å². The normalized spacial score (nSPS) is 13.6. The van der Waals surface area contributed by atoms with Crippen LogP contribution >= 0.6 is 11.8 Å². The highest BCUT2D eigenvalue weighted by molar-refractivity contribution is 7.98. The number of alkyl carbamates (subject to hydrolysis) is 1. The van der Waals surface area contributed by atoms with E-state index in [9.17, 15) is 19.2 Å². The van der Waals surface area contributed by atoms with Crippen molar-refractivity contribution in [3.05, 3.63) is 30.1 Å². The van der Waals surface area contributed by atoms with E-state index in [0.717, 1.165) is 5.56 Å². The monoisotopic (exact) mass is 522 g/mol. The van der Waals surface area contributed by atoms with Crippen LogP contribution in [0.3, 0.4) is 0 Å². The van der Waals surface area contributed by atoms with Crippen LogP contribution in [0.25, 0.3) is 0 Å². The van der Waals surface area contributed by atoms with E-state index in [1.165, 1.54) is 0 Å². The molecule has 0 fully saturated rings. The van der Waals surface area contributed by atoms with Crippen molar-refractivity contribution in [1.82, 2.24) is 20.9 Å². The largest absolute Gasteiger partial charge is 0.449 e. The first-order valence-corrected chi connectivity index (χ1v) is 13.9. The minimum atomic E-state index is -0.840. The van der Waals surface area contributed by atoms with Crippen molar-refractivity contribution in [2.24, 2.45) is 11.8 Å². The summed E-state index contributed by atoms with van der Waals surface area (Å²) in [7, 11) is 0. The standard InChI is InChI=1S/C26H42N4O5S/c1-7-8-20(28-25(33)21(11-14-36-6)30-26(34)35-16-17(2)3)24(32)29-22(23(31)18(4)5)15-19-9-12-27-13-10-19/h9-10,12-13,17-18,20-22H,7-8,11,14-16H2,1-6H3,(H,28,33)(H,29,32)(H,30,34). The summed E-state index contributed by atoms with van der Waals surface area (Å²) >= 11 is 1.55. The molecule has 36 heavy (non-hydrogen) atoms. The molecule has 202 valence electrons. The lowest BCUT2D eigenvalue weighted by Crippen LogP contribution is -2.56. The average Bonchev–Trinajstić information content (AvgIpc) is 2.84. The van der Waals surface area contributed by atoms with Gasteiger partial charge in [-0.1, -0.05) is 41.0 Å². The summed E-state index contributed by atoms with van der Waals surface area (Å²) in [6.45, 7) is 9.58. The van der Waals surface area contributed by atoms with E-state index >= 15 is 0 Å². The van der Waals surface area contributed by atoms with Crippen LogP contribution in [-0.2, 0) is 25.5 Å². The van der Waals surface area contributed by atoms with Gasteiger partial charge in [-0.3, -0.25) is 19.4 Å². The van der Waals surface area contributed by atoms with Gasteiger partial charge in [-0.05, 0) is 54.9 Å². The summed E-state index contributed by atoms with van der Waals surface area (Å²) in [4.78, 5) is 55.4. The molecule has 0 aliphatic rings.